The van der Waals surface area contributed by atoms with Crippen molar-refractivity contribution in [2.45, 2.75) is 418 Å². The number of rotatable bonds is 67. The van der Waals surface area contributed by atoms with Gasteiger partial charge in [-0.05, 0) is 51.4 Å². The Labute approximate surface area is 482 Å². The van der Waals surface area contributed by atoms with Gasteiger partial charge in [0.15, 0.2) is 0 Å². The molecule has 0 saturated carbocycles. The summed E-state index contributed by atoms with van der Waals surface area (Å²) in [4.78, 5) is 24.5. The van der Waals surface area contributed by atoms with Gasteiger partial charge in [-0.15, -0.1) is 0 Å². The number of nitrogens with one attached hydrogen (secondary N) is 1. The third kappa shape index (κ3) is 63.6. The molecule has 0 bridgehead atoms. The van der Waals surface area contributed by atoms with Gasteiger partial charge in [0, 0.05) is 12.8 Å². The van der Waals surface area contributed by atoms with Crippen molar-refractivity contribution in [3.05, 3.63) is 12.2 Å². The van der Waals surface area contributed by atoms with Crippen LogP contribution in [0.3, 0.4) is 0 Å². The highest BCUT2D eigenvalue weighted by molar-refractivity contribution is 5.76. The fourth-order valence-electron chi connectivity index (χ4n) is 11.4. The molecule has 77 heavy (non-hydrogen) atoms. The second kappa shape index (κ2) is 67.1. The molecule has 6 heteroatoms. The SMILES string of the molecule is CCCCCCCCCCCCCCCCCCCCC(O)C(CO)NC(=O)CCCCCCCCCCCCCCCCC/C=C\CCCCCCCCCCCCCCOC(=O)CCCCCCCCCCCCC. The van der Waals surface area contributed by atoms with Gasteiger partial charge in [-0.1, -0.05) is 353 Å². The molecule has 0 aliphatic heterocycles. The first-order chi connectivity index (χ1) is 38.0. The predicted molar refractivity (Wildman–Crippen MR) is 338 cm³/mol. The summed E-state index contributed by atoms with van der Waals surface area (Å²) in [5, 5.41) is 23.4. The lowest BCUT2D eigenvalue weighted by Crippen LogP contribution is -2.45. The lowest BCUT2D eigenvalue weighted by molar-refractivity contribution is -0.143. The Bertz CT molecular complexity index is 1160. The first kappa shape index (κ1) is 75.6. The molecule has 0 heterocycles. The Morgan fingerprint density at radius 2 is 0.610 bits per heavy atom. The third-order valence-corrected chi connectivity index (χ3v) is 16.8. The number of aliphatic hydroxyl groups excluding tert-OH is 2. The second-order valence-electron chi connectivity index (χ2n) is 24.6. The molecule has 0 saturated heterocycles. The van der Waals surface area contributed by atoms with E-state index in [1.54, 1.807) is 0 Å². The summed E-state index contributed by atoms with van der Waals surface area (Å²) in [6, 6.07) is -0.539. The Morgan fingerprint density at radius 3 is 0.922 bits per heavy atom. The van der Waals surface area contributed by atoms with E-state index in [9.17, 15) is 19.8 Å². The van der Waals surface area contributed by atoms with Crippen molar-refractivity contribution < 1.29 is 24.5 Å². The smallest absolute Gasteiger partial charge is 0.305 e. The number of hydrogen-bond donors (Lipinski definition) is 3. The third-order valence-electron chi connectivity index (χ3n) is 16.8. The maximum atomic E-state index is 12.5. The van der Waals surface area contributed by atoms with Gasteiger partial charge in [0.2, 0.25) is 5.91 Å². The van der Waals surface area contributed by atoms with Crippen LogP contribution in [0.5, 0.6) is 0 Å². The minimum absolute atomic E-state index is 0.0182. The molecule has 0 radical (unpaired) electrons. The molecule has 2 unspecified atom stereocenters. The van der Waals surface area contributed by atoms with E-state index in [1.165, 1.54) is 334 Å². The molecule has 6 nitrogen and oxygen atoms in total. The summed E-state index contributed by atoms with van der Waals surface area (Å²) in [5.74, 6) is -0.0103. The van der Waals surface area contributed by atoms with Gasteiger partial charge in [-0.3, -0.25) is 9.59 Å². The van der Waals surface area contributed by atoms with E-state index in [-0.39, 0.29) is 18.5 Å². The van der Waals surface area contributed by atoms with E-state index in [4.69, 9.17) is 4.74 Å². The highest BCUT2D eigenvalue weighted by atomic mass is 16.5. The number of carbonyl (C=O) groups is 2. The molecule has 0 aliphatic carbocycles. The minimum Gasteiger partial charge on any atom is -0.466 e. The number of carbonyl (C=O) groups excluding carboxylic acids is 2. The van der Waals surface area contributed by atoms with Crippen molar-refractivity contribution in [3.8, 4) is 0 Å². The molecule has 3 N–H and O–H groups in total. The van der Waals surface area contributed by atoms with Crippen LogP contribution in [0.2, 0.25) is 0 Å². The molecule has 0 fully saturated rings. The van der Waals surface area contributed by atoms with E-state index in [0.717, 1.165) is 38.5 Å². The number of hydrogen-bond acceptors (Lipinski definition) is 5. The molecule has 0 aromatic heterocycles. The van der Waals surface area contributed by atoms with Crippen LogP contribution in [-0.2, 0) is 14.3 Å². The second-order valence-corrected chi connectivity index (χ2v) is 24.6. The Kier molecular flexibility index (Phi) is 65.9. The molecule has 458 valence electrons. The number of esters is 1. The number of amides is 1. The van der Waals surface area contributed by atoms with Crippen molar-refractivity contribution in [1.29, 1.82) is 0 Å². The van der Waals surface area contributed by atoms with E-state index < -0.39 is 12.1 Å². The monoisotopic (exact) mass is 1090 g/mol. The maximum Gasteiger partial charge on any atom is 0.305 e. The minimum atomic E-state index is -0.662. The first-order valence-corrected chi connectivity index (χ1v) is 35.4. The molecule has 1 amide bonds. The van der Waals surface area contributed by atoms with E-state index in [2.05, 4.69) is 31.3 Å². The van der Waals surface area contributed by atoms with Crippen molar-refractivity contribution in [3.63, 3.8) is 0 Å². The quantitative estimate of drug-likeness (QED) is 0.0320. The summed E-state index contributed by atoms with van der Waals surface area (Å²) < 4.78 is 5.47. The van der Waals surface area contributed by atoms with Gasteiger partial charge in [0.1, 0.15) is 0 Å². The van der Waals surface area contributed by atoms with Crippen LogP contribution in [-0.4, -0.2) is 47.4 Å². The van der Waals surface area contributed by atoms with E-state index >= 15 is 0 Å². The van der Waals surface area contributed by atoms with Gasteiger partial charge in [-0.25, -0.2) is 0 Å². The van der Waals surface area contributed by atoms with Gasteiger partial charge in [-0.2, -0.15) is 0 Å². The standard InChI is InChI=1S/C71H139NO5/c1-3-5-7-9-11-13-15-16-17-18-34-37-40-44-47-51-55-59-63-69(74)68(67-73)72-70(75)64-60-56-52-48-45-41-38-35-32-30-28-26-24-22-20-19-21-23-25-27-29-31-33-36-39-42-46-50-54-58-62-66-77-71(76)65-61-57-53-49-43-14-12-10-8-6-4-2/h21,23,68-69,73-74H,3-20,22,24-67H2,1-2H3,(H,72,75)/b23-21-. The molecular formula is C71H139NO5. The van der Waals surface area contributed by atoms with Gasteiger partial charge >= 0.3 is 5.97 Å². The predicted octanol–water partition coefficient (Wildman–Crippen LogP) is 22.8. The van der Waals surface area contributed by atoms with Crippen molar-refractivity contribution in [1.82, 2.24) is 5.32 Å². The zero-order valence-corrected chi connectivity index (χ0v) is 52.5. The number of aliphatic hydroxyl groups is 2. The molecule has 0 aliphatic rings. The van der Waals surface area contributed by atoms with Crippen molar-refractivity contribution in [2.75, 3.05) is 13.2 Å². The lowest BCUT2D eigenvalue weighted by atomic mass is 10.0. The number of unbranched alkanes of at least 4 members (excludes halogenated alkanes) is 54. The normalized spacial score (nSPS) is 12.5. The average Bonchev–Trinajstić information content (AvgIpc) is 3.43. The van der Waals surface area contributed by atoms with Crippen LogP contribution in [0.1, 0.15) is 406 Å². The Balaban J connectivity index is 3.36. The van der Waals surface area contributed by atoms with E-state index in [0.29, 0.717) is 25.9 Å². The zero-order chi connectivity index (χ0) is 55.7. The fraction of sp³-hybridized carbons (Fsp3) is 0.944. The highest BCUT2D eigenvalue weighted by Crippen LogP contribution is 2.19. The topological polar surface area (TPSA) is 95.9 Å². The molecule has 2 atom stereocenters. The zero-order valence-electron chi connectivity index (χ0n) is 52.5. The molecule has 0 aromatic rings. The van der Waals surface area contributed by atoms with Gasteiger partial charge < -0.3 is 20.3 Å². The van der Waals surface area contributed by atoms with Gasteiger partial charge in [0.25, 0.3) is 0 Å². The summed E-state index contributed by atoms with van der Waals surface area (Å²) in [6.45, 7) is 4.99. The molecule has 0 spiro atoms. The summed E-state index contributed by atoms with van der Waals surface area (Å²) in [5.41, 5.74) is 0. The van der Waals surface area contributed by atoms with Crippen LogP contribution in [0.4, 0.5) is 0 Å². The molecular weight excluding hydrogens is 947 g/mol. The summed E-state index contributed by atoms with van der Waals surface area (Å²) in [7, 11) is 0. The van der Waals surface area contributed by atoms with Crippen molar-refractivity contribution in [2.24, 2.45) is 0 Å². The Hall–Kier alpha value is -1.40. The summed E-state index contributed by atoms with van der Waals surface area (Å²) >= 11 is 0. The highest BCUT2D eigenvalue weighted by Gasteiger charge is 2.20. The largest absolute Gasteiger partial charge is 0.466 e. The first-order valence-electron chi connectivity index (χ1n) is 35.4. The van der Waals surface area contributed by atoms with Crippen LogP contribution in [0.15, 0.2) is 12.2 Å². The lowest BCUT2D eigenvalue weighted by Gasteiger charge is -2.22. The van der Waals surface area contributed by atoms with Crippen LogP contribution < -0.4 is 5.32 Å². The number of ether oxygens (including phenoxy) is 1. The van der Waals surface area contributed by atoms with Crippen molar-refractivity contribution >= 4 is 11.9 Å². The fourth-order valence-corrected chi connectivity index (χ4v) is 11.4. The summed E-state index contributed by atoms with van der Waals surface area (Å²) in [6.07, 6.45) is 82.7. The van der Waals surface area contributed by atoms with E-state index in [1.807, 2.05) is 0 Å². The van der Waals surface area contributed by atoms with Crippen LogP contribution >= 0.6 is 0 Å². The number of allylic oxidation sites excluding steroid dienone is 2. The van der Waals surface area contributed by atoms with Crippen LogP contribution in [0.25, 0.3) is 0 Å². The maximum absolute atomic E-state index is 12.5. The van der Waals surface area contributed by atoms with Gasteiger partial charge in [0.05, 0.1) is 25.4 Å². The average molecular weight is 1090 g/mol. The molecule has 0 aromatic carbocycles. The Morgan fingerprint density at radius 1 is 0.351 bits per heavy atom. The molecule has 0 rings (SSSR count). The van der Waals surface area contributed by atoms with Crippen LogP contribution in [0, 0.1) is 0 Å².